The highest BCUT2D eigenvalue weighted by atomic mass is 19.1. The molecule has 2 unspecified atom stereocenters. The predicted molar refractivity (Wildman–Crippen MR) is 124 cm³/mol. The number of anilines is 1. The van der Waals surface area contributed by atoms with E-state index in [0.29, 0.717) is 17.7 Å². The highest BCUT2D eigenvalue weighted by molar-refractivity contribution is 5.85. The number of amides is 2. The summed E-state index contributed by atoms with van der Waals surface area (Å²) in [6, 6.07) is 3.06. The highest BCUT2D eigenvalue weighted by Gasteiger charge is 2.25. The number of alkyl carbamates (subject to hydrolysis) is 1. The van der Waals surface area contributed by atoms with Crippen molar-refractivity contribution in [2.45, 2.75) is 57.7 Å². The number of ether oxygens (including phenoxy) is 1. The molecule has 0 fully saturated rings. The van der Waals surface area contributed by atoms with E-state index in [0.717, 1.165) is 6.29 Å². The molecule has 176 valence electrons. The first-order valence-corrected chi connectivity index (χ1v) is 10.5. The summed E-state index contributed by atoms with van der Waals surface area (Å²) in [4.78, 5) is 37.4. The van der Waals surface area contributed by atoms with Crippen LogP contribution in [-0.4, -0.2) is 43.5 Å². The molecule has 2 N–H and O–H groups in total. The van der Waals surface area contributed by atoms with E-state index in [4.69, 9.17) is 4.74 Å². The van der Waals surface area contributed by atoms with E-state index in [2.05, 4.69) is 23.8 Å². The van der Waals surface area contributed by atoms with Crippen molar-refractivity contribution in [3.05, 3.63) is 54.9 Å². The third kappa shape index (κ3) is 8.91. The molecule has 2 atom stereocenters. The minimum Gasteiger partial charge on any atom is -0.444 e. The summed E-state index contributed by atoms with van der Waals surface area (Å²) in [6.07, 6.45) is 4.07. The van der Waals surface area contributed by atoms with Gasteiger partial charge < -0.3 is 25.1 Å². The number of halogens is 1. The third-order valence-corrected chi connectivity index (χ3v) is 4.56. The SMILES string of the molecule is C=CCNC(=O)C(CCC=O)N(C)c1cc(F)cc(C(CC=C)NC(=O)OC(C)(C)C)c1. The summed E-state index contributed by atoms with van der Waals surface area (Å²) < 4.78 is 19.9. The van der Waals surface area contributed by atoms with Crippen molar-refractivity contribution in [3.63, 3.8) is 0 Å². The largest absolute Gasteiger partial charge is 0.444 e. The number of rotatable bonds is 12. The van der Waals surface area contributed by atoms with Crippen LogP contribution in [0.15, 0.2) is 43.5 Å². The van der Waals surface area contributed by atoms with Crippen LogP contribution in [0.25, 0.3) is 0 Å². The lowest BCUT2D eigenvalue weighted by atomic mass is 10.0. The molecular weight excluding hydrogens is 413 g/mol. The molecule has 32 heavy (non-hydrogen) atoms. The Bertz CT molecular complexity index is 820. The Hall–Kier alpha value is -3.16. The van der Waals surface area contributed by atoms with Crippen molar-refractivity contribution in [1.82, 2.24) is 10.6 Å². The van der Waals surface area contributed by atoms with Gasteiger partial charge in [0.05, 0.1) is 6.04 Å². The van der Waals surface area contributed by atoms with Gasteiger partial charge in [-0.2, -0.15) is 0 Å². The quantitative estimate of drug-likeness (QED) is 0.373. The van der Waals surface area contributed by atoms with Crippen LogP contribution in [-0.2, 0) is 14.3 Å². The normalized spacial score (nSPS) is 12.8. The van der Waals surface area contributed by atoms with Gasteiger partial charge in [-0.1, -0.05) is 12.2 Å². The molecule has 0 spiro atoms. The number of hydrogen-bond donors (Lipinski definition) is 2. The van der Waals surface area contributed by atoms with Crippen molar-refractivity contribution in [2.75, 3.05) is 18.5 Å². The monoisotopic (exact) mass is 447 g/mol. The first-order valence-electron chi connectivity index (χ1n) is 10.5. The van der Waals surface area contributed by atoms with Crippen molar-refractivity contribution in [3.8, 4) is 0 Å². The van der Waals surface area contributed by atoms with Crippen molar-refractivity contribution >= 4 is 24.0 Å². The zero-order valence-corrected chi connectivity index (χ0v) is 19.3. The Balaban J connectivity index is 3.23. The zero-order chi connectivity index (χ0) is 24.3. The van der Waals surface area contributed by atoms with Crippen LogP contribution in [0.2, 0.25) is 0 Å². The maximum Gasteiger partial charge on any atom is 0.408 e. The first kappa shape index (κ1) is 26.9. The molecule has 0 aliphatic carbocycles. The molecule has 0 radical (unpaired) electrons. The van der Waals surface area contributed by atoms with Crippen LogP contribution in [0, 0.1) is 5.82 Å². The Morgan fingerprint density at radius 3 is 2.47 bits per heavy atom. The van der Waals surface area contributed by atoms with Gasteiger partial charge in [0.15, 0.2) is 0 Å². The molecule has 0 aromatic heterocycles. The Kier molecular flexibility index (Phi) is 10.6. The number of aldehydes is 1. The lowest BCUT2D eigenvalue weighted by molar-refractivity contribution is -0.122. The van der Waals surface area contributed by atoms with Gasteiger partial charge in [0, 0.05) is 25.7 Å². The lowest BCUT2D eigenvalue weighted by Gasteiger charge is -2.30. The van der Waals surface area contributed by atoms with Crippen LogP contribution in [0.4, 0.5) is 14.9 Å². The summed E-state index contributed by atoms with van der Waals surface area (Å²) in [5.74, 6) is -0.820. The predicted octanol–water partition coefficient (Wildman–Crippen LogP) is 4.05. The van der Waals surface area contributed by atoms with Crippen LogP contribution in [0.1, 0.15) is 51.6 Å². The molecule has 0 aliphatic heterocycles. The second kappa shape index (κ2) is 12.6. The van der Waals surface area contributed by atoms with Gasteiger partial charge >= 0.3 is 6.09 Å². The molecule has 0 bridgehead atoms. The molecule has 2 amide bonds. The van der Waals surface area contributed by atoms with Crippen LogP contribution < -0.4 is 15.5 Å². The zero-order valence-electron chi connectivity index (χ0n) is 19.3. The molecule has 1 aromatic rings. The minimum absolute atomic E-state index is 0.179. The first-order chi connectivity index (χ1) is 15.0. The number of nitrogens with one attached hydrogen (secondary N) is 2. The summed E-state index contributed by atoms with van der Waals surface area (Å²) in [5, 5.41) is 5.46. The fraction of sp³-hybridized carbons (Fsp3) is 0.458. The Labute approximate surface area is 189 Å². The van der Waals surface area contributed by atoms with Crippen molar-refractivity contribution in [1.29, 1.82) is 0 Å². The standard InChI is InChI=1S/C24H34FN3O4/c1-7-10-20(27-23(31)32-24(3,4)5)17-14-18(25)16-19(15-17)28(6)21(11-9-13-29)22(30)26-12-8-2/h7-8,13-16,20-21H,1-2,9-12H2,3-6H3,(H,26,30)(H,27,31). The van der Waals surface area contributed by atoms with Gasteiger partial charge in [0.1, 0.15) is 23.7 Å². The summed E-state index contributed by atoms with van der Waals surface area (Å²) in [7, 11) is 1.66. The average Bonchev–Trinajstić information content (AvgIpc) is 2.70. The van der Waals surface area contributed by atoms with Gasteiger partial charge in [-0.15, -0.1) is 13.2 Å². The second-order valence-electron chi connectivity index (χ2n) is 8.37. The van der Waals surface area contributed by atoms with E-state index in [-0.39, 0.29) is 25.3 Å². The fourth-order valence-electron chi connectivity index (χ4n) is 3.09. The number of nitrogens with zero attached hydrogens (tertiary/aromatic N) is 1. The Morgan fingerprint density at radius 1 is 1.22 bits per heavy atom. The maximum atomic E-state index is 14.5. The molecule has 1 rings (SSSR count). The molecule has 0 heterocycles. The topological polar surface area (TPSA) is 87.7 Å². The number of likely N-dealkylation sites (N-methyl/N-ethyl adjacent to an activating group) is 1. The van der Waals surface area contributed by atoms with E-state index in [1.54, 1.807) is 50.9 Å². The Morgan fingerprint density at radius 2 is 1.91 bits per heavy atom. The van der Waals surface area contributed by atoms with Crippen molar-refractivity contribution in [2.24, 2.45) is 0 Å². The maximum absolute atomic E-state index is 14.5. The lowest BCUT2D eigenvalue weighted by Crippen LogP contribution is -2.45. The molecular formula is C24H34FN3O4. The summed E-state index contributed by atoms with van der Waals surface area (Å²) in [5.41, 5.74) is 0.253. The van der Waals surface area contributed by atoms with Crippen LogP contribution in [0.3, 0.4) is 0 Å². The minimum atomic E-state index is -0.688. The number of carbonyl (C=O) groups excluding carboxylic acids is 3. The van der Waals surface area contributed by atoms with Gasteiger partial charge in [0.2, 0.25) is 5.91 Å². The van der Waals surface area contributed by atoms with E-state index in [1.807, 2.05) is 0 Å². The average molecular weight is 448 g/mol. The van der Waals surface area contributed by atoms with Crippen molar-refractivity contribution < 1.29 is 23.5 Å². The molecule has 0 saturated carbocycles. The van der Waals surface area contributed by atoms with Gasteiger partial charge in [-0.25, -0.2) is 9.18 Å². The molecule has 0 saturated heterocycles. The summed E-state index contributed by atoms with van der Waals surface area (Å²) in [6.45, 7) is 12.8. The number of benzene rings is 1. The third-order valence-electron chi connectivity index (χ3n) is 4.56. The van der Waals surface area contributed by atoms with E-state index in [1.165, 1.54) is 12.1 Å². The molecule has 7 nitrogen and oxygen atoms in total. The summed E-state index contributed by atoms with van der Waals surface area (Å²) >= 11 is 0. The van der Waals surface area contributed by atoms with Gasteiger partial charge in [0.25, 0.3) is 0 Å². The van der Waals surface area contributed by atoms with Crippen LogP contribution >= 0.6 is 0 Å². The van der Waals surface area contributed by atoms with Gasteiger partial charge in [-0.05, 0) is 57.4 Å². The van der Waals surface area contributed by atoms with E-state index >= 15 is 0 Å². The molecule has 0 aliphatic rings. The highest BCUT2D eigenvalue weighted by Crippen LogP contribution is 2.27. The molecule has 1 aromatic carbocycles. The number of carbonyl (C=O) groups is 3. The van der Waals surface area contributed by atoms with Crippen LogP contribution in [0.5, 0.6) is 0 Å². The van der Waals surface area contributed by atoms with Gasteiger partial charge in [-0.3, -0.25) is 4.79 Å². The van der Waals surface area contributed by atoms with E-state index < -0.39 is 29.6 Å². The molecule has 8 heteroatoms. The second-order valence-corrected chi connectivity index (χ2v) is 8.37. The van der Waals surface area contributed by atoms with E-state index in [9.17, 15) is 18.8 Å². The smallest absolute Gasteiger partial charge is 0.408 e. The number of hydrogen-bond acceptors (Lipinski definition) is 5. The fourth-order valence-corrected chi connectivity index (χ4v) is 3.09.